The molecule has 0 spiro atoms. The number of benzene rings is 5. The van der Waals surface area contributed by atoms with E-state index < -0.39 is 0 Å². The number of hydrogen-bond donors (Lipinski definition) is 0. The van der Waals surface area contributed by atoms with Crippen LogP contribution in [0.2, 0.25) is 0 Å². The van der Waals surface area contributed by atoms with Gasteiger partial charge in [0.15, 0.2) is 12.4 Å². The van der Waals surface area contributed by atoms with Gasteiger partial charge in [0.25, 0.3) is 0 Å². The number of quaternary nitrogens is 2. The number of hydrogen-bond acceptors (Lipinski definition) is 2. The Bertz CT molecular complexity index is 2900. The van der Waals surface area contributed by atoms with Gasteiger partial charge in [0, 0.05) is 68.5 Å². The monoisotopic (exact) mass is 1000 g/mol. The van der Waals surface area contributed by atoms with E-state index in [4.69, 9.17) is 9.72 Å². The predicted octanol–water partition coefficient (Wildman–Crippen LogP) is 15.4. The molecule has 62 heavy (non-hydrogen) atoms. The van der Waals surface area contributed by atoms with E-state index >= 15 is 0 Å². The minimum absolute atomic E-state index is 0. The molecule has 0 aliphatic carbocycles. The van der Waals surface area contributed by atoms with Gasteiger partial charge in [0.05, 0.1) is 5.69 Å². The largest absolute Gasteiger partial charge is 0.509 e. The summed E-state index contributed by atoms with van der Waals surface area (Å²) >= 11 is 0. The Morgan fingerprint density at radius 1 is 0.516 bits per heavy atom. The van der Waals surface area contributed by atoms with Crippen molar-refractivity contribution in [2.45, 2.75) is 131 Å². The Kier molecular flexibility index (Phi) is 10.1. The quantitative estimate of drug-likeness (QED) is 0.0976. The maximum atomic E-state index is 6.98. The number of rotatable bonds is 5. The smallest absolute Gasteiger partial charge is 0.225 e. The maximum Gasteiger partial charge on any atom is 0.225 e. The molecule has 0 bridgehead atoms. The van der Waals surface area contributed by atoms with Gasteiger partial charge in [-0.2, -0.15) is 10.7 Å². The molecular formula is C56H63N4OPt-. The zero-order valence-corrected chi connectivity index (χ0v) is 41.7. The second kappa shape index (κ2) is 14.2. The second-order valence-electron chi connectivity index (χ2n) is 22.8. The molecule has 2 aliphatic heterocycles. The number of pyridine rings is 1. The number of ether oxygens (including phenoxy) is 1. The first-order valence-corrected chi connectivity index (χ1v) is 22.0. The van der Waals surface area contributed by atoms with Crippen molar-refractivity contribution in [3.05, 3.63) is 150 Å². The minimum Gasteiger partial charge on any atom is -0.509 e. The first kappa shape index (κ1) is 44.1. The summed E-state index contributed by atoms with van der Waals surface area (Å²) < 4.78 is 10.4. The summed E-state index contributed by atoms with van der Waals surface area (Å²) in [5.41, 5.74) is 13.2. The van der Waals surface area contributed by atoms with Gasteiger partial charge < -0.3 is 9.30 Å². The Morgan fingerprint density at radius 3 is 1.79 bits per heavy atom. The Labute approximate surface area is 385 Å². The third-order valence-corrected chi connectivity index (χ3v) is 13.1. The molecule has 2 aromatic heterocycles. The molecule has 0 N–H and O–H groups in total. The Balaban J connectivity index is 0.00000529. The molecule has 5 aromatic carbocycles. The van der Waals surface area contributed by atoms with Gasteiger partial charge in [0.1, 0.15) is 5.82 Å². The van der Waals surface area contributed by atoms with E-state index in [2.05, 4.69) is 224 Å². The zero-order chi connectivity index (χ0) is 43.9. The van der Waals surface area contributed by atoms with Crippen LogP contribution in [0.4, 0.5) is 22.7 Å². The first-order chi connectivity index (χ1) is 28.3. The van der Waals surface area contributed by atoms with E-state index in [1.807, 2.05) is 6.20 Å². The molecule has 1 unspecified atom stereocenters. The SMILES string of the molecule is CC(C)(C)c1cc(Oc2[c-]c3c(cc2)c2cc(C(C)(C)C)ccc2n3-c2cc(C(C)(C)C)ccn2)[c-]c([N+]23[CH-][N@+]2(c2cccc(C(C)(C)C)c2)c2ccc(C(C)(C)C)cc23)c1.[Pt]. The van der Waals surface area contributed by atoms with Gasteiger partial charge in [-0.05, 0) is 72.9 Å². The van der Waals surface area contributed by atoms with Crippen LogP contribution in [0.3, 0.4) is 0 Å². The third kappa shape index (κ3) is 6.98. The van der Waals surface area contributed by atoms with Crippen molar-refractivity contribution >= 4 is 44.6 Å². The van der Waals surface area contributed by atoms with E-state index in [1.165, 1.54) is 50.3 Å². The number of fused-ring (bicyclic) bond motifs is 7. The summed E-state index contributed by atoms with van der Waals surface area (Å²) in [5, 5.41) is 2.30. The van der Waals surface area contributed by atoms with Crippen LogP contribution < -0.4 is 13.9 Å². The van der Waals surface area contributed by atoms with Crippen molar-refractivity contribution in [2.24, 2.45) is 0 Å². The Hall–Kier alpha value is -4.54. The van der Waals surface area contributed by atoms with Gasteiger partial charge in [-0.15, -0.1) is 35.2 Å². The summed E-state index contributed by atoms with van der Waals surface area (Å²) in [6.07, 6.45) is 1.93. The maximum absolute atomic E-state index is 6.98. The first-order valence-electron chi connectivity index (χ1n) is 22.0. The second-order valence-corrected chi connectivity index (χ2v) is 22.8. The van der Waals surface area contributed by atoms with Crippen molar-refractivity contribution in [3.63, 3.8) is 0 Å². The summed E-state index contributed by atoms with van der Waals surface area (Å²) in [4.78, 5) is 4.96. The van der Waals surface area contributed by atoms with Crippen molar-refractivity contribution in [2.75, 3.05) is 0 Å². The van der Waals surface area contributed by atoms with Gasteiger partial charge in [-0.1, -0.05) is 146 Å². The molecule has 1 saturated heterocycles. The number of nitrogens with zero attached hydrogens (tertiary/aromatic N) is 4. The van der Waals surface area contributed by atoms with Crippen molar-refractivity contribution in [1.29, 1.82) is 0 Å². The van der Waals surface area contributed by atoms with Crippen LogP contribution in [-0.2, 0) is 48.1 Å². The van der Waals surface area contributed by atoms with Gasteiger partial charge in [-0.3, -0.25) is 0 Å². The molecule has 324 valence electrons. The summed E-state index contributed by atoms with van der Waals surface area (Å²) in [5.74, 6) is 2.19. The van der Waals surface area contributed by atoms with E-state index in [9.17, 15) is 0 Å². The van der Waals surface area contributed by atoms with Crippen molar-refractivity contribution in [3.8, 4) is 17.3 Å². The molecule has 0 radical (unpaired) electrons. The van der Waals surface area contributed by atoms with Crippen LogP contribution in [0.25, 0.3) is 27.6 Å². The van der Waals surface area contributed by atoms with Gasteiger partial charge in [-0.25, -0.2) is 9.58 Å². The van der Waals surface area contributed by atoms with Gasteiger partial charge in [0.2, 0.25) is 11.4 Å². The summed E-state index contributed by atoms with van der Waals surface area (Å²) in [6, 6.07) is 43.9. The standard InChI is InChI=1S/C56H63N4O.Pt/c1-52(2,3)36-17-16-18-41(27-36)59-35-60(59,50-31-38(54(7,8)9)20-24-49(50)59)42-28-40(56(13,14)15)29-44(33-42)61-43-21-22-45-46-30-37(53(4,5)6)19-23-47(46)58(48(45)34-43)51-32-39(25-26-57-51)55(10,11)12;/h16-32,35H,1-15H3;/q-1;/t59-,60?;/m0./s1. The van der Waals surface area contributed by atoms with Crippen LogP contribution in [0.1, 0.15) is 132 Å². The molecule has 4 heterocycles. The predicted molar refractivity (Wildman–Crippen MR) is 256 cm³/mol. The van der Waals surface area contributed by atoms with Crippen LogP contribution in [0.5, 0.6) is 11.5 Å². The molecule has 0 amide bonds. The fourth-order valence-electron chi connectivity index (χ4n) is 9.14. The summed E-state index contributed by atoms with van der Waals surface area (Å²) in [6.45, 7) is 36.6. The Morgan fingerprint density at radius 2 is 1.13 bits per heavy atom. The zero-order valence-electron chi connectivity index (χ0n) is 39.4. The van der Waals surface area contributed by atoms with E-state index in [-0.39, 0.29) is 48.1 Å². The fraction of sp³-hybridized carbons (Fsp3) is 0.357. The molecule has 6 heteroatoms. The normalized spacial score (nSPS) is 18.8. The van der Waals surface area contributed by atoms with E-state index in [0.717, 1.165) is 27.9 Å². The fourth-order valence-corrected chi connectivity index (χ4v) is 9.14. The third-order valence-electron chi connectivity index (χ3n) is 13.1. The minimum atomic E-state index is -0.145. The van der Waals surface area contributed by atoms with Crippen molar-refractivity contribution < 1.29 is 25.8 Å². The van der Waals surface area contributed by atoms with Crippen LogP contribution in [0.15, 0.2) is 103 Å². The average molecular weight is 1000 g/mol. The van der Waals surface area contributed by atoms with Crippen LogP contribution >= 0.6 is 0 Å². The topological polar surface area (TPSA) is 27.1 Å². The summed E-state index contributed by atoms with van der Waals surface area (Å²) in [7, 11) is 0. The van der Waals surface area contributed by atoms with E-state index in [1.54, 1.807) is 0 Å². The van der Waals surface area contributed by atoms with E-state index in [0.29, 0.717) is 20.7 Å². The molecule has 9 rings (SSSR count). The van der Waals surface area contributed by atoms with Crippen LogP contribution in [-0.4, -0.2) is 9.55 Å². The molecule has 5 nitrogen and oxygen atoms in total. The molecule has 2 aliphatic rings. The van der Waals surface area contributed by atoms with Crippen molar-refractivity contribution in [1.82, 2.24) is 18.7 Å². The molecule has 0 saturated carbocycles. The molecular weight excluding hydrogens is 940 g/mol. The number of aromatic nitrogens is 2. The van der Waals surface area contributed by atoms with Crippen LogP contribution in [0, 0.1) is 18.8 Å². The van der Waals surface area contributed by atoms with Gasteiger partial charge >= 0.3 is 0 Å². The molecule has 7 aromatic rings. The molecule has 2 atom stereocenters. The molecule has 1 fully saturated rings. The average Bonchev–Trinajstić information content (AvgIpc) is 3.67.